The van der Waals surface area contributed by atoms with E-state index < -0.39 is 17.5 Å². The zero-order chi connectivity index (χ0) is 22.2. The molecule has 0 aliphatic carbocycles. The third-order valence-corrected chi connectivity index (χ3v) is 6.17. The number of rotatable bonds is 6. The van der Waals surface area contributed by atoms with Gasteiger partial charge in [0.15, 0.2) is 0 Å². The normalized spacial score (nSPS) is 23.7. The summed E-state index contributed by atoms with van der Waals surface area (Å²) >= 11 is 0. The number of nitrogens with zero attached hydrogens (tertiary/aromatic N) is 3. The first-order valence-corrected chi connectivity index (χ1v) is 10.5. The molecular formula is C23H28N4O4. The van der Waals surface area contributed by atoms with Crippen LogP contribution in [0.2, 0.25) is 0 Å². The Labute approximate surface area is 181 Å². The molecular weight excluding hydrogens is 396 g/mol. The molecule has 0 saturated carbocycles. The molecule has 8 nitrogen and oxygen atoms in total. The summed E-state index contributed by atoms with van der Waals surface area (Å²) in [6.07, 6.45) is 3.96. The Morgan fingerprint density at radius 3 is 2.68 bits per heavy atom. The first-order valence-electron chi connectivity index (χ1n) is 10.5. The molecule has 1 aromatic heterocycles. The smallest absolute Gasteiger partial charge is 0.346 e. The number of benzene rings is 1. The van der Waals surface area contributed by atoms with Gasteiger partial charge in [-0.2, -0.15) is 5.10 Å². The number of carbonyl (C=O) groups is 2. The van der Waals surface area contributed by atoms with Gasteiger partial charge >= 0.3 is 6.03 Å². The number of ether oxygens (including phenoxy) is 2. The highest BCUT2D eigenvalue weighted by atomic mass is 16.5. The van der Waals surface area contributed by atoms with E-state index in [0.29, 0.717) is 11.3 Å². The highest BCUT2D eigenvalue weighted by Gasteiger charge is 2.49. The van der Waals surface area contributed by atoms with Crippen LogP contribution in [0.4, 0.5) is 4.79 Å². The fourth-order valence-corrected chi connectivity index (χ4v) is 4.20. The van der Waals surface area contributed by atoms with Crippen LogP contribution in [0.5, 0.6) is 5.75 Å². The minimum Gasteiger partial charge on any atom is -0.497 e. The van der Waals surface area contributed by atoms with Crippen molar-refractivity contribution in [3.8, 4) is 5.75 Å². The molecule has 1 aromatic carbocycles. The highest BCUT2D eigenvalue weighted by Crippen LogP contribution is 2.30. The van der Waals surface area contributed by atoms with Crippen LogP contribution < -0.4 is 10.1 Å². The summed E-state index contributed by atoms with van der Waals surface area (Å²) in [5, 5.41) is 7.89. The molecule has 1 N–H and O–H groups in total. The maximum atomic E-state index is 13.1. The molecule has 2 aliphatic rings. The quantitative estimate of drug-likeness (QED) is 0.570. The maximum Gasteiger partial charge on any atom is 0.346 e. The van der Waals surface area contributed by atoms with Gasteiger partial charge in [0.2, 0.25) is 0 Å². The zero-order valence-electron chi connectivity index (χ0n) is 18.3. The van der Waals surface area contributed by atoms with Gasteiger partial charge in [-0.3, -0.25) is 4.79 Å². The molecule has 0 unspecified atom stereocenters. The summed E-state index contributed by atoms with van der Waals surface area (Å²) in [7, 11) is 1.58. The van der Waals surface area contributed by atoms with Crippen LogP contribution in [-0.2, 0) is 21.6 Å². The summed E-state index contributed by atoms with van der Waals surface area (Å²) in [6.45, 7) is 7.34. The van der Waals surface area contributed by atoms with E-state index in [9.17, 15) is 9.59 Å². The van der Waals surface area contributed by atoms with Gasteiger partial charge in [-0.25, -0.2) is 4.79 Å². The number of urea groups is 1. The van der Waals surface area contributed by atoms with E-state index in [-0.39, 0.29) is 6.10 Å². The van der Waals surface area contributed by atoms with Crippen LogP contribution in [0.1, 0.15) is 42.3 Å². The van der Waals surface area contributed by atoms with E-state index in [1.807, 2.05) is 19.9 Å². The Morgan fingerprint density at radius 1 is 1.29 bits per heavy atom. The van der Waals surface area contributed by atoms with Crippen molar-refractivity contribution in [2.75, 3.05) is 13.7 Å². The Hall–Kier alpha value is -3.13. The standard InChI is InChI=1S/C23H28N4O4/c1-15-12-17(16(2)26(15)14-20-6-5-11-31-20)13-24-27-21(28)23(3,25-22(27)29)18-7-9-19(30-4)10-8-18/h7-10,12-13,20H,5-6,11,14H2,1-4H3,(H,25,29)/b24-13-/t20-,23+/m1/s1. The SMILES string of the molecule is COc1ccc([C@]2(C)NC(=O)N(/N=C\c3cc(C)n(C[C@H]4CCCO4)c3C)C2=O)cc1. The van der Waals surface area contributed by atoms with E-state index in [1.54, 1.807) is 44.5 Å². The van der Waals surface area contributed by atoms with Crippen molar-refractivity contribution >= 4 is 18.2 Å². The van der Waals surface area contributed by atoms with Crippen molar-refractivity contribution in [1.82, 2.24) is 14.9 Å². The van der Waals surface area contributed by atoms with Gasteiger partial charge in [0.05, 0.1) is 19.4 Å². The Kier molecular flexibility index (Phi) is 5.58. The number of hydrogen-bond acceptors (Lipinski definition) is 5. The van der Waals surface area contributed by atoms with E-state index in [0.717, 1.165) is 48.0 Å². The van der Waals surface area contributed by atoms with E-state index >= 15 is 0 Å². The number of nitrogens with one attached hydrogen (secondary N) is 1. The van der Waals surface area contributed by atoms with Gasteiger partial charge in [-0.15, -0.1) is 5.01 Å². The number of imide groups is 1. The summed E-state index contributed by atoms with van der Waals surface area (Å²) in [5.74, 6) is 0.254. The largest absolute Gasteiger partial charge is 0.497 e. The second kappa shape index (κ2) is 8.19. The first kappa shape index (κ1) is 21.1. The molecule has 31 heavy (non-hydrogen) atoms. The van der Waals surface area contributed by atoms with Crippen molar-refractivity contribution in [2.45, 2.75) is 51.8 Å². The van der Waals surface area contributed by atoms with E-state index in [2.05, 4.69) is 15.0 Å². The van der Waals surface area contributed by atoms with Crippen molar-refractivity contribution in [3.63, 3.8) is 0 Å². The minimum absolute atomic E-state index is 0.228. The molecule has 3 heterocycles. The summed E-state index contributed by atoms with van der Waals surface area (Å²) < 4.78 is 13.1. The number of amides is 3. The predicted octanol–water partition coefficient (Wildman–Crippen LogP) is 3.09. The molecule has 0 radical (unpaired) electrons. The van der Waals surface area contributed by atoms with Crippen LogP contribution in [0, 0.1) is 13.8 Å². The van der Waals surface area contributed by atoms with Crippen molar-refractivity contribution in [2.24, 2.45) is 5.10 Å². The van der Waals surface area contributed by atoms with Crippen molar-refractivity contribution < 1.29 is 19.1 Å². The molecule has 8 heteroatoms. The number of methoxy groups -OCH3 is 1. The van der Waals surface area contributed by atoms with Gasteiger partial charge < -0.3 is 19.4 Å². The van der Waals surface area contributed by atoms with E-state index in [1.165, 1.54) is 0 Å². The average molecular weight is 425 g/mol. The van der Waals surface area contributed by atoms with Crippen LogP contribution in [0.25, 0.3) is 0 Å². The number of hydrogen-bond donors (Lipinski definition) is 1. The molecule has 2 fully saturated rings. The van der Waals surface area contributed by atoms with E-state index in [4.69, 9.17) is 9.47 Å². The Bertz CT molecular complexity index is 1020. The number of aryl methyl sites for hydroxylation is 1. The molecule has 2 aromatic rings. The molecule has 2 saturated heterocycles. The van der Waals surface area contributed by atoms with Gasteiger partial charge in [-0.1, -0.05) is 12.1 Å². The fraction of sp³-hybridized carbons (Fsp3) is 0.435. The molecule has 3 amide bonds. The lowest BCUT2D eigenvalue weighted by molar-refractivity contribution is -0.131. The lowest BCUT2D eigenvalue weighted by Gasteiger charge is -2.21. The fourth-order valence-electron chi connectivity index (χ4n) is 4.20. The third-order valence-electron chi connectivity index (χ3n) is 6.17. The molecule has 2 aliphatic heterocycles. The zero-order valence-corrected chi connectivity index (χ0v) is 18.3. The maximum absolute atomic E-state index is 13.1. The van der Waals surface area contributed by atoms with Crippen LogP contribution in [0.3, 0.4) is 0 Å². The average Bonchev–Trinajstić information content (AvgIpc) is 3.43. The van der Waals surface area contributed by atoms with Crippen LogP contribution >= 0.6 is 0 Å². The van der Waals surface area contributed by atoms with Gasteiger partial charge in [-0.05, 0) is 57.4 Å². The van der Waals surface area contributed by atoms with Crippen molar-refractivity contribution in [3.05, 3.63) is 52.8 Å². The summed E-state index contributed by atoms with van der Waals surface area (Å²) in [4.78, 5) is 25.6. The molecule has 4 rings (SSSR count). The second-order valence-electron chi connectivity index (χ2n) is 8.22. The van der Waals surface area contributed by atoms with Gasteiger partial charge in [0.25, 0.3) is 5.91 Å². The number of aromatic nitrogens is 1. The topological polar surface area (TPSA) is 85.2 Å². The highest BCUT2D eigenvalue weighted by molar-refractivity contribution is 6.07. The number of carbonyl (C=O) groups excluding carboxylic acids is 2. The van der Waals surface area contributed by atoms with Crippen LogP contribution in [-0.4, -0.2) is 47.5 Å². The van der Waals surface area contributed by atoms with Gasteiger partial charge in [0, 0.05) is 30.1 Å². The Morgan fingerprint density at radius 2 is 2.03 bits per heavy atom. The molecule has 164 valence electrons. The lowest BCUT2D eigenvalue weighted by Crippen LogP contribution is -2.40. The first-order chi connectivity index (χ1) is 14.8. The van der Waals surface area contributed by atoms with Gasteiger partial charge in [0.1, 0.15) is 11.3 Å². The second-order valence-corrected chi connectivity index (χ2v) is 8.22. The van der Waals surface area contributed by atoms with Crippen LogP contribution in [0.15, 0.2) is 35.4 Å². The third kappa shape index (κ3) is 3.83. The summed E-state index contributed by atoms with van der Waals surface area (Å²) in [6, 6.07) is 8.51. The lowest BCUT2D eigenvalue weighted by atomic mass is 9.92. The molecule has 2 atom stereocenters. The summed E-state index contributed by atoms with van der Waals surface area (Å²) in [5.41, 5.74) is 2.47. The minimum atomic E-state index is -1.18. The Balaban J connectivity index is 1.54. The molecule has 0 spiro atoms. The molecule has 0 bridgehead atoms. The number of hydrazone groups is 1. The van der Waals surface area contributed by atoms with Crippen molar-refractivity contribution in [1.29, 1.82) is 0 Å². The predicted molar refractivity (Wildman–Crippen MR) is 116 cm³/mol. The monoisotopic (exact) mass is 424 g/mol.